The van der Waals surface area contributed by atoms with Crippen molar-refractivity contribution in [2.45, 2.75) is 20.4 Å². The minimum absolute atomic E-state index is 0.0931. The molecule has 3 aromatic rings. The summed E-state index contributed by atoms with van der Waals surface area (Å²) in [6.45, 7) is 4.14. The Hall–Kier alpha value is -3.21. The van der Waals surface area contributed by atoms with Crippen LogP contribution < -0.4 is 10.3 Å². The molecule has 1 aromatic heterocycles. The summed E-state index contributed by atoms with van der Waals surface area (Å²) >= 11 is 0. The molecule has 0 N–H and O–H groups in total. The summed E-state index contributed by atoms with van der Waals surface area (Å²) in [7, 11) is 0. The first-order chi connectivity index (χ1) is 12.0. The number of carbonyl (C=O) groups excluding carboxylic acids is 1. The van der Waals surface area contributed by atoms with E-state index in [1.54, 1.807) is 6.07 Å². The van der Waals surface area contributed by atoms with Crippen LogP contribution in [0.4, 0.5) is 0 Å². The van der Waals surface area contributed by atoms with Crippen LogP contribution in [0.25, 0.3) is 0 Å². The second-order valence-corrected chi connectivity index (χ2v) is 5.86. The highest BCUT2D eigenvalue weighted by Crippen LogP contribution is 2.19. The zero-order valence-electron chi connectivity index (χ0n) is 14.1. The fourth-order valence-corrected chi connectivity index (χ4v) is 2.49. The molecular weight excluding hydrogens is 316 g/mol. The van der Waals surface area contributed by atoms with Crippen molar-refractivity contribution in [1.82, 2.24) is 9.78 Å². The molecule has 126 valence electrons. The average molecular weight is 334 g/mol. The van der Waals surface area contributed by atoms with E-state index >= 15 is 0 Å². The number of aromatic nitrogens is 2. The van der Waals surface area contributed by atoms with Crippen LogP contribution in [0, 0.1) is 13.8 Å². The van der Waals surface area contributed by atoms with Crippen molar-refractivity contribution in [3.05, 3.63) is 93.4 Å². The molecule has 0 spiro atoms. The van der Waals surface area contributed by atoms with Crippen LogP contribution in [0.3, 0.4) is 0 Å². The number of aryl methyl sites for hydroxylation is 2. The molecule has 5 heteroatoms. The Balaban J connectivity index is 1.83. The van der Waals surface area contributed by atoms with E-state index in [0.717, 1.165) is 16.7 Å². The van der Waals surface area contributed by atoms with Gasteiger partial charge in [-0.15, -0.1) is 0 Å². The van der Waals surface area contributed by atoms with Gasteiger partial charge in [-0.1, -0.05) is 48.0 Å². The van der Waals surface area contributed by atoms with Crippen LogP contribution in [-0.2, 0) is 6.54 Å². The Morgan fingerprint density at radius 1 is 1.04 bits per heavy atom. The predicted octanol–water partition coefficient (Wildman–Crippen LogP) is 3.13. The Bertz CT molecular complexity index is 962. The van der Waals surface area contributed by atoms with E-state index in [0.29, 0.717) is 12.3 Å². The van der Waals surface area contributed by atoms with Gasteiger partial charge < -0.3 is 4.74 Å². The van der Waals surface area contributed by atoms with Gasteiger partial charge >= 0.3 is 5.97 Å². The first kappa shape index (κ1) is 16.6. The summed E-state index contributed by atoms with van der Waals surface area (Å²) in [6, 6.07) is 17.7. The summed E-state index contributed by atoms with van der Waals surface area (Å²) in [4.78, 5) is 24.4. The number of nitrogens with zero attached hydrogens (tertiary/aromatic N) is 2. The maximum Gasteiger partial charge on any atom is 0.364 e. The first-order valence-corrected chi connectivity index (χ1v) is 7.94. The van der Waals surface area contributed by atoms with Gasteiger partial charge in [0.1, 0.15) is 5.75 Å². The topological polar surface area (TPSA) is 61.2 Å². The van der Waals surface area contributed by atoms with Gasteiger partial charge in [-0.2, -0.15) is 5.10 Å². The van der Waals surface area contributed by atoms with E-state index in [1.807, 2.05) is 56.3 Å². The van der Waals surface area contributed by atoms with Gasteiger partial charge in [0.2, 0.25) is 0 Å². The quantitative estimate of drug-likeness (QED) is 0.543. The van der Waals surface area contributed by atoms with Gasteiger partial charge in [-0.25, -0.2) is 9.48 Å². The van der Waals surface area contributed by atoms with Gasteiger partial charge in [-0.3, -0.25) is 4.79 Å². The third-order valence-corrected chi connectivity index (χ3v) is 3.78. The lowest BCUT2D eigenvalue weighted by Gasteiger charge is -2.09. The maximum absolute atomic E-state index is 12.4. The second-order valence-electron chi connectivity index (χ2n) is 5.86. The number of hydrogen-bond donors (Lipinski definition) is 0. The van der Waals surface area contributed by atoms with Crippen LogP contribution in [-0.4, -0.2) is 15.7 Å². The fraction of sp³-hybridized carbons (Fsp3) is 0.150. The van der Waals surface area contributed by atoms with Crippen molar-refractivity contribution in [3.8, 4) is 5.75 Å². The van der Waals surface area contributed by atoms with Gasteiger partial charge in [0.25, 0.3) is 5.56 Å². The highest BCUT2D eigenvalue weighted by molar-refractivity contribution is 5.88. The standard InChI is InChI=1S/C20H18N2O3/c1-14-8-10-18(15(2)12-14)25-20(24)17-9-11-19(23)22(21-17)13-16-6-4-3-5-7-16/h3-12H,13H2,1-2H3. The van der Waals surface area contributed by atoms with Gasteiger partial charge in [0.15, 0.2) is 5.69 Å². The fourth-order valence-electron chi connectivity index (χ4n) is 2.49. The van der Waals surface area contributed by atoms with E-state index in [2.05, 4.69) is 5.10 Å². The molecule has 25 heavy (non-hydrogen) atoms. The smallest absolute Gasteiger partial charge is 0.364 e. The van der Waals surface area contributed by atoms with Crippen molar-refractivity contribution in [2.75, 3.05) is 0 Å². The summed E-state index contributed by atoms with van der Waals surface area (Å²) in [5.74, 6) is -0.105. The summed E-state index contributed by atoms with van der Waals surface area (Å²) in [5, 5.41) is 4.14. The minimum atomic E-state index is -0.589. The third kappa shape index (κ3) is 4.01. The number of rotatable bonds is 4. The maximum atomic E-state index is 12.4. The number of hydrogen-bond acceptors (Lipinski definition) is 4. The second kappa shape index (κ2) is 7.13. The molecule has 0 fully saturated rings. The molecule has 5 nitrogen and oxygen atoms in total. The summed E-state index contributed by atoms with van der Waals surface area (Å²) < 4.78 is 6.67. The van der Waals surface area contributed by atoms with E-state index in [9.17, 15) is 9.59 Å². The van der Waals surface area contributed by atoms with Crippen molar-refractivity contribution in [3.63, 3.8) is 0 Å². The van der Waals surface area contributed by atoms with Crippen molar-refractivity contribution < 1.29 is 9.53 Å². The molecule has 0 radical (unpaired) electrons. The van der Waals surface area contributed by atoms with Crippen LogP contribution in [0.2, 0.25) is 0 Å². The Morgan fingerprint density at radius 3 is 2.52 bits per heavy atom. The van der Waals surface area contributed by atoms with Gasteiger partial charge in [-0.05, 0) is 37.1 Å². The van der Waals surface area contributed by atoms with Gasteiger partial charge in [0.05, 0.1) is 6.54 Å². The molecular formula is C20H18N2O3. The SMILES string of the molecule is Cc1ccc(OC(=O)c2ccc(=O)n(Cc3ccccc3)n2)c(C)c1. The van der Waals surface area contributed by atoms with Crippen molar-refractivity contribution >= 4 is 5.97 Å². The molecule has 0 aliphatic heterocycles. The van der Waals surface area contributed by atoms with E-state index in [4.69, 9.17) is 4.74 Å². The highest BCUT2D eigenvalue weighted by Gasteiger charge is 2.14. The molecule has 0 saturated carbocycles. The Kier molecular flexibility index (Phi) is 4.75. The lowest BCUT2D eigenvalue weighted by atomic mass is 10.1. The molecule has 0 aliphatic carbocycles. The third-order valence-electron chi connectivity index (χ3n) is 3.78. The molecule has 0 unspecified atom stereocenters. The van der Waals surface area contributed by atoms with Crippen LogP contribution >= 0.6 is 0 Å². The monoisotopic (exact) mass is 334 g/mol. The summed E-state index contributed by atoms with van der Waals surface area (Å²) in [6.07, 6.45) is 0. The van der Waals surface area contributed by atoms with E-state index in [-0.39, 0.29) is 11.3 Å². The number of esters is 1. The molecule has 0 atom stereocenters. The molecule has 0 amide bonds. The van der Waals surface area contributed by atoms with E-state index < -0.39 is 5.97 Å². The Labute approximate surface area is 145 Å². The summed E-state index contributed by atoms with van der Waals surface area (Å²) in [5.41, 5.74) is 2.71. The average Bonchev–Trinajstić information content (AvgIpc) is 2.60. The van der Waals surface area contributed by atoms with E-state index in [1.165, 1.54) is 16.8 Å². The zero-order valence-corrected chi connectivity index (χ0v) is 14.1. The van der Waals surface area contributed by atoms with Crippen molar-refractivity contribution in [2.24, 2.45) is 0 Å². The molecule has 0 aliphatic rings. The molecule has 3 rings (SSSR count). The normalized spacial score (nSPS) is 10.5. The molecule has 0 bridgehead atoms. The Morgan fingerprint density at radius 2 is 1.80 bits per heavy atom. The molecule has 1 heterocycles. The van der Waals surface area contributed by atoms with Gasteiger partial charge in [0, 0.05) is 6.07 Å². The van der Waals surface area contributed by atoms with Crippen molar-refractivity contribution in [1.29, 1.82) is 0 Å². The van der Waals surface area contributed by atoms with Crippen LogP contribution in [0.15, 0.2) is 65.5 Å². The molecule has 2 aromatic carbocycles. The molecule has 0 saturated heterocycles. The number of benzene rings is 2. The minimum Gasteiger partial charge on any atom is -0.421 e. The predicted molar refractivity (Wildman–Crippen MR) is 94.9 cm³/mol. The zero-order chi connectivity index (χ0) is 17.8. The van der Waals surface area contributed by atoms with Crippen LogP contribution in [0.5, 0.6) is 5.75 Å². The largest absolute Gasteiger partial charge is 0.421 e. The lowest BCUT2D eigenvalue weighted by molar-refractivity contribution is 0.0724. The lowest BCUT2D eigenvalue weighted by Crippen LogP contribution is -2.26. The first-order valence-electron chi connectivity index (χ1n) is 7.94. The highest BCUT2D eigenvalue weighted by atomic mass is 16.5. The van der Waals surface area contributed by atoms with Crippen LogP contribution in [0.1, 0.15) is 27.2 Å². The number of ether oxygens (including phenoxy) is 1. The number of carbonyl (C=O) groups is 1.